The molecule has 2 amide bonds. The zero-order valence-electron chi connectivity index (χ0n) is 19.9. The molecule has 1 saturated carbocycles. The van der Waals surface area contributed by atoms with Gasteiger partial charge in [-0.3, -0.25) is 14.7 Å². The minimum absolute atomic E-state index is 0.0261. The van der Waals surface area contributed by atoms with Gasteiger partial charge in [-0.2, -0.15) is 5.10 Å². The molecule has 35 heavy (non-hydrogen) atoms. The van der Waals surface area contributed by atoms with Crippen molar-refractivity contribution in [2.24, 2.45) is 5.92 Å². The number of hydrogen-bond donors (Lipinski definition) is 2. The van der Waals surface area contributed by atoms with Crippen LogP contribution in [0.3, 0.4) is 0 Å². The number of aromatic amines is 1. The molecule has 2 aliphatic rings. The van der Waals surface area contributed by atoms with E-state index in [2.05, 4.69) is 20.5 Å². The van der Waals surface area contributed by atoms with Crippen LogP contribution < -0.4 is 14.8 Å². The molecule has 2 heterocycles. The number of hydrogen-bond acceptors (Lipinski definition) is 6. The highest BCUT2D eigenvalue weighted by atomic mass is 16.5. The number of ether oxygens (including phenoxy) is 2. The van der Waals surface area contributed by atoms with Crippen molar-refractivity contribution in [3.63, 3.8) is 0 Å². The Balaban J connectivity index is 1.15. The Hall–Kier alpha value is -3.88. The smallest absolute Gasteiger partial charge is 0.254 e. The fourth-order valence-electron chi connectivity index (χ4n) is 4.35. The third-order valence-electron chi connectivity index (χ3n) is 6.63. The summed E-state index contributed by atoms with van der Waals surface area (Å²) in [5.41, 5.74) is 2.16. The van der Waals surface area contributed by atoms with Gasteiger partial charge in [-0.1, -0.05) is 0 Å². The number of nitrogens with one attached hydrogen (secondary N) is 2. The van der Waals surface area contributed by atoms with Crippen LogP contribution >= 0.6 is 0 Å². The summed E-state index contributed by atoms with van der Waals surface area (Å²) in [6.07, 6.45) is 3.56. The summed E-state index contributed by atoms with van der Waals surface area (Å²) in [5, 5.41) is 10.3. The SMILES string of the molecule is COc1cc(OC)cc(C(=O)N2CCC(C(=O)Nc3ccc(-c4n[nH]c(C5CC5)n4)cc3)CC2)c1. The van der Waals surface area contributed by atoms with E-state index in [1.54, 1.807) is 37.3 Å². The number of H-pyrrole nitrogens is 1. The van der Waals surface area contributed by atoms with Gasteiger partial charge >= 0.3 is 0 Å². The number of likely N-dealkylation sites (tertiary alicyclic amines) is 1. The maximum atomic E-state index is 13.0. The quantitative estimate of drug-likeness (QED) is 0.537. The standard InChI is InChI=1S/C26H29N5O4/c1-34-21-13-19(14-22(15-21)35-2)26(33)31-11-9-18(10-12-31)25(32)27-20-7-5-17(6-8-20)24-28-23(29-30-24)16-3-4-16/h5-8,13-16,18H,3-4,9-12H2,1-2H3,(H,27,32)(H,28,29,30). The predicted molar refractivity (Wildman–Crippen MR) is 131 cm³/mol. The van der Waals surface area contributed by atoms with E-state index in [9.17, 15) is 9.59 Å². The molecule has 2 N–H and O–H groups in total. The molecule has 1 aliphatic carbocycles. The van der Waals surface area contributed by atoms with Crippen LogP contribution in [-0.2, 0) is 4.79 Å². The summed E-state index contributed by atoms with van der Waals surface area (Å²) in [7, 11) is 3.11. The number of carbonyl (C=O) groups is 2. The Morgan fingerprint density at radius 3 is 2.23 bits per heavy atom. The summed E-state index contributed by atoms with van der Waals surface area (Å²) in [6.45, 7) is 1.03. The first-order valence-electron chi connectivity index (χ1n) is 11.9. The lowest BCUT2D eigenvalue weighted by molar-refractivity contribution is -0.121. The van der Waals surface area contributed by atoms with Gasteiger partial charge in [0.2, 0.25) is 5.91 Å². The Kier molecular flexibility index (Phi) is 6.39. The summed E-state index contributed by atoms with van der Waals surface area (Å²) < 4.78 is 10.5. The molecule has 9 heteroatoms. The largest absolute Gasteiger partial charge is 0.497 e. The highest BCUT2D eigenvalue weighted by Crippen LogP contribution is 2.38. The number of benzene rings is 2. The van der Waals surface area contributed by atoms with Gasteiger partial charge in [0.15, 0.2) is 5.82 Å². The first kappa shape index (κ1) is 22.9. The van der Waals surface area contributed by atoms with E-state index in [0.29, 0.717) is 54.7 Å². The Morgan fingerprint density at radius 1 is 0.971 bits per heavy atom. The molecule has 2 fully saturated rings. The molecular weight excluding hydrogens is 446 g/mol. The van der Waals surface area contributed by atoms with Gasteiger partial charge in [0, 0.05) is 47.8 Å². The fraction of sp³-hybridized carbons (Fsp3) is 0.385. The Morgan fingerprint density at radius 2 is 1.63 bits per heavy atom. The van der Waals surface area contributed by atoms with Crippen LogP contribution in [0.4, 0.5) is 5.69 Å². The normalized spacial score (nSPS) is 16.1. The van der Waals surface area contributed by atoms with Gasteiger partial charge in [0.1, 0.15) is 17.3 Å². The predicted octanol–water partition coefficient (Wildman–Crippen LogP) is 3.86. The van der Waals surface area contributed by atoms with Crippen molar-refractivity contribution in [3.8, 4) is 22.9 Å². The van der Waals surface area contributed by atoms with Crippen LogP contribution in [0.1, 0.15) is 47.8 Å². The highest BCUT2D eigenvalue weighted by molar-refractivity contribution is 5.96. The molecule has 1 saturated heterocycles. The third-order valence-corrected chi connectivity index (χ3v) is 6.63. The van der Waals surface area contributed by atoms with Gasteiger partial charge in [0.05, 0.1) is 14.2 Å². The lowest BCUT2D eigenvalue weighted by Crippen LogP contribution is -2.41. The molecule has 5 rings (SSSR count). The summed E-state index contributed by atoms with van der Waals surface area (Å²) in [4.78, 5) is 32.2. The number of nitrogens with zero attached hydrogens (tertiary/aromatic N) is 3. The number of carbonyl (C=O) groups excluding carboxylic acids is 2. The lowest BCUT2D eigenvalue weighted by atomic mass is 9.95. The number of methoxy groups -OCH3 is 2. The average Bonchev–Trinajstić information content (AvgIpc) is 3.64. The molecule has 1 aliphatic heterocycles. The van der Waals surface area contributed by atoms with E-state index in [1.165, 1.54) is 12.8 Å². The molecule has 0 radical (unpaired) electrons. The molecule has 0 unspecified atom stereocenters. The molecular formula is C26H29N5O4. The summed E-state index contributed by atoms with van der Waals surface area (Å²) >= 11 is 0. The zero-order chi connectivity index (χ0) is 24.4. The Bertz CT molecular complexity index is 1190. The van der Waals surface area contributed by atoms with Crippen molar-refractivity contribution in [3.05, 3.63) is 53.9 Å². The van der Waals surface area contributed by atoms with Crippen LogP contribution in [0.25, 0.3) is 11.4 Å². The number of rotatable bonds is 7. The van der Waals surface area contributed by atoms with Crippen molar-refractivity contribution < 1.29 is 19.1 Å². The van der Waals surface area contributed by atoms with E-state index in [-0.39, 0.29) is 17.7 Å². The second kappa shape index (κ2) is 9.77. The van der Waals surface area contributed by atoms with E-state index < -0.39 is 0 Å². The topological polar surface area (TPSA) is 109 Å². The van der Waals surface area contributed by atoms with E-state index in [0.717, 1.165) is 17.1 Å². The van der Waals surface area contributed by atoms with Gasteiger partial charge in [0.25, 0.3) is 5.91 Å². The van der Waals surface area contributed by atoms with Gasteiger partial charge < -0.3 is 19.7 Å². The van der Waals surface area contributed by atoms with E-state index in [4.69, 9.17) is 9.47 Å². The van der Waals surface area contributed by atoms with Crippen molar-refractivity contribution in [1.82, 2.24) is 20.1 Å². The van der Waals surface area contributed by atoms with Gasteiger partial charge in [-0.15, -0.1) is 0 Å². The first-order valence-corrected chi connectivity index (χ1v) is 11.9. The van der Waals surface area contributed by atoms with Crippen LogP contribution in [0.5, 0.6) is 11.5 Å². The third kappa shape index (κ3) is 5.13. The van der Waals surface area contributed by atoms with Crippen LogP contribution in [-0.4, -0.2) is 59.2 Å². The van der Waals surface area contributed by atoms with Crippen LogP contribution in [0, 0.1) is 5.92 Å². The van der Waals surface area contributed by atoms with Crippen LogP contribution in [0.2, 0.25) is 0 Å². The van der Waals surface area contributed by atoms with Crippen molar-refractivity contribution in [2.75, 3.05) is 32.6 Å². The van der Waals surface area contributed by atoms with Crippen molar-refractivity contribution in [2.45, 2.75) is 31.6 Å². The molecule has 3 aromatic rings. The first-order chi connectivity index (χ1) is 17.0. The van der Waals surface area contributed by atoms with E-state index >= 15 is 0 Å². The zero-order valence-corrected chi connectivity index (χ0v) is 19.9. The molecule has 9 nitrogen and oxygen atoms in total. The lowest BCUT2D eigenvalue weighted by Gasteiger charge is -2.31. The fourth-order valence-corrected chi connectivity index (χ4v) is 4.35. The average molecular weight is 476 g/mol. The van der Waals surface area contributed by atoms with E-state index in [1.807, 2.05) is 24.3 Å². The maximum absolute atomic E-state index is 13.0. The van der Waals surface area contributed by atoms with Gasteiger partial charge in [-0.05, 0) is 62.1 Å². The molecule has 0 bridgehead atoms. The van der Waals surface area contributed by atoms with Crippen LogP contribution in [0.15, 0.2) is 42.5 Å². The summed E-state index contributed by atoms with van der Waals surface area (Å²) in [5.74, 6) is 3.03. The number of piperidine rings is 1. The molecule has 0 spiro atoms. The van der Waals surface area contributed by atoms with Crippen molar-refractivity contribution >= 4 is 17.5 Å². The monoisotopic (exact) mass is 475 g/mol. The summed E-state index contributed by atoms with van der Waals surface area (Å²) in [6, 6.07) is 12.7. The minimum atomic E-state index is -0.146. The molecule has 2 aromatic carbocycles. The molecule has 182 valence electrons. The maximum Gasteiger partial charge on any atom is 0.254 e. The minimum Gasteiger partial charge on any atom is -0.497 e. The highest BCUT2D eigenvalue weighted by Gasteiger charge is 2.29. The van der Waals surface area contributed by atoms with Crippen molar-refractivity contribution in [1.29, 1.82) is 0 Å². The second-order valence-electron chi connectivity index (χ2n) is 9.05. The Labute approximate surface area is 203 Å². The van der Waals surface area contributed by atoms with Gasteiger partial charge in [-0.25, -0.2) is 4.98 Å². The molecule has 0 atom stereocenters. The number of aromatic nitrogens is 3. The number of anilines is 1. The number of amides is 2. The molecule has 1 aromatic heterocycles. The second-order valence-corrected chi connectivity index (χ2v) is 9.05.